The summed E-state index contributed by atoms with van der Waals surface area (Å²) in [6.45, 7) is 20.6. The monoisotopic (exact) mass is 1060 g/mol. The van der Waals surface area contributed by atoms with Crippen LogP contribution in [0.5, 0.6) is 0 Å². The van der Waals surface area contributed by atoms with Gasteiger partial charge in [0.15, 0.2) is 12.2 Å². The van der Waals surface area contributed by atoms with Gasteiger partial charge < -0.3 is 64.5 Å². The number of carboxylic acid groups (broad SMARTS) is 1. The zero-order valence-corrected chi connectivity index (χ0v) is 47.8. The lowest BCUT2D eigenvalue weighted by molar-refractivity contribution is -0.212. The van der Waals surface area contributed by atoms with Crippen molar-refractivity contribution in [3.8, 4) is 0 Å². The second-order valence-electron chi connectivity index (χ2n) is 22.6. The van der Waals surface area contributed by atoms with Crippen molar-refractivity contribution in [1.29, 1.82) is 0 Å². The molecule has 16 heteroatoms. The normalized spacial score (nSPS) is 28.4. The second-order valence-corrected chi connectivity index (χ2v) is 22.6. The quantitative estimate of drug-likeness (QED) is 0.0177. The number of cyclic esters (lactones) is 2. The molecule has 0 saturated carbocycles. The Bertz CT molecular complexity index is 1860. The van der Waals surface area contributed by atoms with Gasteiger partial charge in [0.25, 0.3) is 0 Å². The third-order valence-electron chi connectivity index (χ3n) is 16.4. The number of carbonyl (C=O) groups excluding carboxylic acids is 2. The van der Waals surface area contributed by atoms with Crippen LogP contribution in [-0.2, 0) is 38.1 Å². The van der Waals surface area contributed by atoms with Gasteiger partial charge in [-0.05, 0) is 102 Å². The lowest BCUT2D eigenvalue weighted by atomic mass is 9.73. The fraction of sp³-hybridized carbons (Fsp3) is 0.780. The number of hydrogen-bond acceptors (Lipinski definition) is 15. The Morgan fingerprint density at radius 3 is 2.00 bits per heavy atom. The highest BCUT2D eigenvalue weighted by Gasteiger charge is 2.52. The van der Waals surface area contributed by atoms with Crippen LogP contribution in [0.2, 0.25) is 0 Å². The van der Waals surface area contributed by atoms with E-state index in [2.05, 4.69) is 0 Å². The van der Waals surface area contributed by atoms with E-state index < -0.39 is 78.1 Å². The average molecular weight is 1070 g/mol. The van der Waals surface area contributed by atoms with Gasteiger partial charge in [0.1, 0.15) is 17.8 Å². The lowest BCUT2D eigenvalue weighted by Crippen LogP contribution is -2.59. The minimum absolute atomic E-state index is 0.0110. The Kier molecular flexibility index (Phi) is 30.0. The third-order valence-corrected chi connectivity index (χ3v) is 16.4. The average Bonchev–Trinajstić information content (AvgIpc) is 3.36. The van der Waals surface area contributed by atoms with Crippen LogP contribution in [0.1, 0.15) is 147 Å². The van der Waals surface area contributed by atoms with Crippen LogP contribution < -0.4 is 0 Å². The minimum Gasteiger partial charge on any atom is -0.481 e. The molecule has 20 unspecified atom stereocenters. The van der Waals surface area contributed by atoms with Gasteiger partial charge in [0.05, 0.1) is 42.7 Å². The first kappa shape index (κ1) is 67.8. The maximum Gasteiger partial charge on any atom is 0.338 e. The smallest absolute Gasteiger partial charge is 0.338 e. The molecular weight excluding hydrogens is 965 g/mol. The summed E-state index contributed by atoms with van der Waals surface area (Å²) in [5.41, 5.74) is -0.399. The number of aliphatic hydroxyl groups excluding tert-OH is 6. The van der Waals surface area contributed by atoms with Crippen LogP contribution in [0.3, 0.4) is 0 Å². The molecule has 16 nitrogen and oxygen atoms in total. The predicted molar refractivity (Wildman–Crippen MR) is 289 cm³/mol. The minimum atomic E-state index is -1.79. The van der Waals surface area contributed by atoms with Gasteiger partial charge in [-0.15, -0.1) is 0 Å². The van der Waals surface area contributed by atoms with Crippen molar-refractivity contribution in [3.05, 3.63) is 59.8 Å². The van der Waals surface area contributed by atoms with Crippen molar-refractivity contribution in [1.82, 2.24) is 0 Å². The molecule has 8 N–H and O–H groups in total. The van der Waals surface area contributed by atoms with E-state index in [-0.39, 0.29) is 78.7 Å². The van der Waals surface area contributed by atoms with E-state index in [1.165, 1.54) is 0 Å². The van der Waals surface area contributed by atoms with Crippen molar-refractivity contribution < 1.29 is 78.9 Å². The van der Waals surface area contributed by atoms with Crippen LogP contribution in [0, 0.1) is 53.3 Å². The molecule has 2 fully saturated rings. The number of allylic oxidation sites excluding steroid dienone is 6. The molecule has 75 heavy (non-hydrogen) atoms. The number of carboxylic acids is 1. The Balaban J connectivity index is 2.01. The number of ether oxygens (including phenoxy) is 5. The van der Waals surface area contributed by atoms with E-state index in [4.69, 9.17) is 28.8 Å². The topological polar surface area (TPSA) is 259 Å². The molecule has 2 aliphatic rings. The fourth-order valence-electron chi connectivity index (χ4n) is 10.9. The third kappa shape index (κ3) is 21.5. The summed E-state index contributed by atoms with van der Waals surface area (Å²) in [5.74, 6) is -4.74. The summed E-state index contributed by atoms with van der Waals surface area (Å²) in [6.07, 6.45) is 11.4. The largest absolute Gasteiger partial charge is 0.481 e. The number of aliphatic hydroxyl groups is 7. The van der Waals surface area contributed by atoms with Crippen molar-refractivity contribution in [2.45, 2.75) is 220 Å². The van der Waals surface area contributed by atoms with Gasteiger partial charge in [-0.1, -0.05) is 110 Å². The van der Waals surface area contributed by atoms with Crippen LogP contribution >= 0.6 is 0 Å². The molecule has 0 radical (unpaired) electrons. The van der Waals surface area contributed by atoms with E-state index in [1.54, 1.807) is 61.2 Å². The Hall–Kier alpha value is -3.29. The van der Waals surface area contributed by atoms with E-state index in [9.17, 15) is 50.1 Å². The summed E-state index contributed by atoms with van der Waals surface area (Å²) >= 11 is 0. The highest BCUT2D eigenvalue weighted by atomic mass is 16.6. The molecule has 0 spiro atoms. The molecule has 2 rings (SSSR count). The number of esters is 2. The van der Waals surface area contributed by atoms with Crippen LogP contribution in [0.25, 0.3) is 0 Å². The molecule has 432 valence electrons. The van der Waals surface area contributed by atoms with Crippen molar-refractivity contribution >= 4 is 17.9 Å². The number of rotatable bonds is 34. The molecule has 0 bridgehead atoms. The van der Waals surface area contributed by atoms with Gasteiger partial charge >= 0.3 is 17.9 Å². The fourth-order valence-corrected chi connectivity index (χ4v) is 10.9. The van der Waals surface area contributed by atoms with Gasteiger partial charge in [-0.2, -0.15) is 0 Å². The van der Waals surface area contributed by atoms with E-state index in [0.717, 1.165) is 5.57 Å². The predicted octanol–water partition coefficient (Wildman–Crippen LogP) is 7.44. The Labute approximate surface area is 449 Å². The molecule has 0 aromatic rings. The number of methoxy groups -OCH3 is 3. The van der Waals surface area contributed by atoms with Crippen molar-refractivity contribution in [2.75, 3.05) is 21.3 Å². The van der Waals surface area contributed by atoms with E-state index in [1.807, 2.05) is 84.9 Å². The highest BCUT2D eigenvalue weighted by Crippen LogP contribution is 2.39. The van der Waals surface area contributed by atoms with Crippen molar-refractivity contribution in [2.24, 2.45) is 53.3 Å². The zero-order chi connectivity index (χ0) is 56.9. The first-order valence-corrected chi connectivity index (χ1v) is 27.5. The first-order valence-electron chi connectivity index (χ1n) is 27.5. The molecular formula is C59H100O16. The summed E-state index contributed by atoms with van der Waals surface area (Å²) < 4.78 is 28.8. The van der Waals surface area contributed by atoms with Gasteiger partial charge in [0.2, 0.25) is 0 Å². The summed E-state index contributed by atoms with van der Waals surface area (Å²) in [6, 6.07) is 0. The van der Waals surface area contributed by atoms with Gasteiger partial charge in [0, 0.05) is 69.7 Å². The molecule has 0 aromatic carbocycles. The number of aliphatic carboxylic acids is 1. The molecule has 0 aromatic heterocycles. The summed E-state index contributed by atoms with van der Waals surface area (Å²) in [7, 11) is 4.77. The maximum absolute atomic E-state index is 13.1. The number of hydrogen-bond donors (Lipinski definition) is 8. The second kappa shape index (κ2) is 33.2. The molecule has 2 aliphatic heterocycles. The standard InChI is InChI=1S/C59H100O16/c1-34(29-40(7)52(64)43(10)53(65)44(11)55(73-14)38(5)20-17-15-16-18-23-51(62)63)28-39(6)50-33-59(70,56(67)58(69)75-50)41(8)25-27-45(71-12)30-46(72-13)31-48(61)36(3)21-19-22-37(4)49-32-47(54(66)57(68)74-49)35(2)24-26-42(9)60/h15-17,19-20,22,28-29,35-39,41-50,52-56,60-61,64-67,70H,18,21,23-27,30-33H2,1-14H3,(H,62,63)/b16-15+,20-17+,22-19+,34-28+,40-29+/t35?,36?,37?,38?,39?,41?,42?,43?,44?,45?,46?,47?,48?,49?,50-,52?,53?,54?,55?,56?,59?/m0/s1. The SMILES string of the molecule is COC(CCC(C)C1(O)C[C@@H](C(C)/C=C(C)/C=C(\C)C(O)C(C)C(O)C(C)C(OC)C(C)/C=C/C=C/CCC(=O)O)OC(=O)C1O)CC(CC(O)C(C)C/C=C/C(C)C1CC(C(C)CCC(C)O)C(O)C(=O)O1)OC. The maximum atomic E-state index is 13.1. The van der Waals surface area contributed by atoms with E-state index >= 15 is 0 Å². The summed E-state index contributed by atoms with van der Waals surface area (Å²) in [5, 5.41) is 86.4. The van der Waals surface area contributed by atoms with Crippen LogP contribution in [-0.4, -0.2) is 153 Å². The zero-order valence-electron chi connectivity index (χ0n) is 47.8. The van der Waals surface area contributed by atoms with Gasteiger partial charge in [-0.3, -0.25) is 4.79 Å². The van der Waals surface area contributed by atoms with E-state index in [0.29, 0.717) is 63.4 Å². The molecule has 2 heterocycles. The van der Waals surface area contributed by atoms with Crippen LogP contribution in [0.15, 0.2) is 59.8 Å². The molecule has 21 atom stereocenters. The highest BCUT2D eigenvalue weighted by molar-refractivity contribution is 5.77. The first-order chi connectivity index (χ1) is 35.1. The Morgan fingerprint density at radius 1 is 0.760 bits per heavy atom. The van der Waals surface area contributed by atoms with Gasteiger partial charge in [-0.25, -0.2) is 9.59 Å². The molecule has 0 amide bonds. The molecule has 2 saturated heterocycles. The molecule has 0 aliphatic carbocycles. The van der Waals surface area contributed by atoms with Crippen molar-refractivity contribution in [3.63, 3.8) is 0 Å². The lowest BCUT2D eigenvalue weighted by Gasteiger charge is -2.44. The van der Waals surface area contributed by atoms with Crippen LogP contribution in [0.4, 0.5) is 0 Å². The summed E-state index contributed by atoms with van der Waals surface area (Å²) in [4.78, 5) is 36.5. The Morgan fingerprint density at radius 2 is 1.40 bits per heavy atom. The number of carbonyl (C=O) groups is 3.